The number of benzene rings is 1. The summed E-state index contributed by atoms with van der Waals surface area (Å²) in [5, 5.41) is 1.11. The fourth-order valence-corrected chi connectivity index (χ4v) is 1.48. The maximum absolute atomic E-state index is 6.01. The molecule has 13 heavy (non-hydrogen) atoms. The van der Waals surface area contributed by atoms with E-state index in [1.807, 2.05) is 38.1 Å². The first kappa shape index (κ1) is 8.32. The number of rotatable bonds is 1. The third kappa shape index (κ3) is 1.33. The summed E-state index contributed by atoms with van der Waals surface area (Å²) in [6.45, 7) is 3.95. The van der Waals surface area contributed by atoms with Gasteiger partial charge >= 0.3 is 0 Å². The quantitative estimate of drug-likeness (QED) is 0.723. The van der Waals surface area contributed by atoms with E-state index in [9.17, 15) is 0 Å². The Kier molecular flexibility index (Phi) is 1.67. The van der Waals surface area contributed by atoms with Crippen LogP contribution >= 0.6 is 0 Å². The first-order valence-corrected chi connectivity index (χ1v) is 4.34. The normalized spacial score (nSPS) is 12.2. The van der Waals surface area contributed by atoms with E-state index in [-0.39, 0.29) is 5.54 Å². The predicted octanol–water partition coefficient (Wildman–Crippen LogP) is 2.63. The van der Waals surface area contributed by atoms with E-state index in [1.54, 1.807) is 6.26 Å². The van der Waals surface area contributed by atoms with Crippen molar-refractivity contribution in [3.05, 3.63) is 36.1 Å². The number of furan rings is 1. The zero-order valence-corrected chi connectivity index (χ0v) is 7.87. The first-order chi connectivity index (χ1) is 6.09. The molecule has 2 aromatic rings. The zero-order valence-electron chi connectivity index (χ0n) is 7.87. The van der Waals surface area contributed by atoms with Crippen molar-refractivity contribution in [1.29, 1.82) is 0 Å². The Hall–Kier alpha value is -1.28. The Morgan fingerprint density at radius 3 is 2.62 bits per heavy atom. The largest absolute Gasteiger partial charge is 0.464 e. The van der Waals surface area contributed by atoms with Crippen LogP contribution in [-0.2, 0) is 5.54 Å². The Labute approximate surface area is 77.3 Å². The van der Waals surface area contributed by atoms with Gasteiger partial charge in [-0.2, -0.15) is 0 Å². The van der Waals surface area contributed by atoms with E-state index in [4.69, 9.17) is 10.2 Å². The van der Waals surface area contributed by atoms with Gasteiger partial charge in [-0.3, -0.25) is 0 Å². The minimum absolute atomic E-state index is 0.341. The Bertz CT molecular complexity index is 423. The van der Waals surface area contributed by atoms with E-state index in [2.05, 4.69) is 0 Å². The third-order valence-corrected chi connectivity index (χ3v) is 2.18. The molecule has 1 aromatic heterocycles. The van der Waals surface area contributed by atoms with Crippen LogP contribution in [0.15, 0.2) is 34.9 Å². The predicted molar refractivity (Wildman–Crippen MR) is 53.4 cm³/mol. The summed E-state index contributed by atoms with van der Waals surface area (Å²) in [5.74, 6) is 0. The molecule has 0 saturated carbocycles. The topological polar surface area (TPSA) is 39.2 Å². The molecule has 0 saturated heterocycles. The van der Waals surface area contributed by atoms with E-state index in [1.165, 1.54) is 0 Å². The molecule has 0 aliphatic heterocycles. The number of hydrogen-bond acceptors (Lipinski definition) is 2. The minimum Gasteiger partial charge on any atom is -0.464 e. The molecule has 0 aliphatic rings. The lowest BCUT2D eigenvalue weighted by atomic mass is 9.95. The summed E-state index contributed by atoms with van der Waals surface area (Å²) >= 11 is 0. The molecule has 0 spiro atoms. The summed E-state index contributed by atoms with van der Waals surface area (Å²) in [4.78, 5) is 0. The van der Waals surface area contributed by atoms with Gasteiger partial charge in [0, 0.05) is 16.5 Å². The van der Waals surface area contributed by atoms with Crippen LogP contribution in [0.3, 0.4) is 0 Å². The Balaban J connectivity index is 2.72. The molecule has 0 amide bonds. The molecule has 2 nitrogen and oxygen atoms in total. The number of hydrogen-bond donors (Lipinski definition) is 1. The molecule has 1 aromatic carbocycles. The van der Waals surface area contributed by atoms with Crippen molar-refractivity contribution >= 4 is 11.0 Å². The average Bonchev–Trinajstić information content (AvgIpc) is 2.45. The molecule has 2 N–H and O–H groups in total. The standard InChI is InChI=1S/C11H13NO/c1-11(2,12)9-7-13-10-6-4-3-5-8(9)10/h3-7H,12H2,1-2H3. The highest BCUT2D eigenvalue weighted by Crippen LogP contribution is 2.27. The SMILES string of the molecule is CC(C)(N)c1coc2ccccc12. The highest BCUT2D eigenvalue weighted by Gasteiger charge is 2.19. The second kappa shape index (κ2) is 2.60. The molecule has 0 bridgehead atoms. The lowest BCUT2D eigenvalue weighted by Crippen LogP contribution is -2.28. The smallest absolute Gasteiger partial charge is 0.134 e. The van der Waals surface area contributed by atoms with E-state index in [0.29, 0.717) is 0 Å². The summed E-state index contributed by atoms with van der Waals surface area (Å²) < 4.78 is 5.40. The molecule has 2 rings (SSSR count). The summed E-state index contributed by atoms with van der Waals surface area (Å²) in [6.07, 6.45) is 1.74. The maximum Gasteiger partial charge on any atom is 0.134 e. The van der Waals surface area contributed by atoms with Crippen molar-refractivity contribution < 1.29 is 4.42 Å². The van der Waals surface area contributed by atoms with Crippen LogP contribution in [0.1, 0.15) is 19.4 Å². The molecule has 1 heterocycles. The zero-order chi connectivity index (χ0) is 9.47. The van der Waals surface area contributed by atoms with Crippen molar-refractivity contribution in [3.8, 4) is 0 Å². The van der Waals surface area contributed by atoms with Gasteiger partial charge in [0.1, 0.15) is 5.58 Å². The lowest BCUT2D eigenvalue weighted by Gasteiger charge is -2.16. The second-order valence-corrected chi connectivity index (χ2v) is 3.87. The summed E-state index contributed by atoms with van der Waals surface area (Å²) in [5.41, 5.74) is 7.62. The van der Waals surface area contributed by atoms with E-state index < -0.39 is 0 Å². The van der Waals surface area contributed by atoms with Gasteiger partial charge < -0.3 is 10.2 Å². The highest BCUT2D eigenvalue weighted by molar-refractivity contribution is 5.81. The van der Waals surface area contributed by atoms with E-state index in [0.717, 1.165) is 16.5 Å². The van der Waals surface area contributed by atoms with Gasteiger partial charge in [-0.25, -0.2) is 0 Å². The van der Waals surface area contributed by atoms with Crippen LogP contribution in [-0.4, -0.2) is 0 Å². The number of nitrogens with two attached hydrogens (primary N) is 1. The fourth-order valence-electron chi connectivity index (χ4n) is 1.48. The fraction of sp³-hybridized carbons (Fsp3) is 0.273. The summed E-state index contributed by atoms with van der Waals surface area (Å²) in [6, 6.07) is 7.93. The minimum atomic E-state index is -0.341. The van der Waals surface area contributed by atoms with Crippen molar-refractivity contribution in [2.75, 3.05) is 0 Å². The van der Waals surface area contributed by atoms with Crippen LogP contribution < -0.4 is 5.73 Å². The number of fused-ring (bicyclic) bond motifs is 1. The second-order valence-electron chi connectivity index (χ2n) is 3.87. The first-order valence-electron chi connectivity index (χ1n) is 4.34. The van der Waals surface area contributed by atoms with Gasteiger partial charge in [-0.15, -0.1) is 0 Å². The van der Waals surface area contributed by atoms with Crippen molar-refractivity contribution in [2.45, 2.75) is 19.4 Å². The van der Waals surface area contributed by atoms with Crippen molar-refractivity contribution in [1.82, 2.24) is 0 Å². The van der Waals surface area contributed by atoms with Crippen molar-refractivity contribution in [3.63, 3.8) is 0 Å². The van der Waals surface area contributed by atoms with Crippen LogP contribution in [0, 0.1) is 0 Å². The van der Waals surface area contributed by atoms with Gasteiger partial charge in [0.25, 0.3) is 0 Å². The van der Waals surface area contributed by atoms with Crippen LogP contribution in [0.25, 0.3) is 11.0 Å². The monoisotopic (exact) mass is 175 g/mol. The molecule has 0 atom stereocenters. The van der Waals surface area contributed by atoms with Gasteiger partial charge in [0.05, 0.1) is 6.26 Å². The molecular formula is C11H13NO. The Morgan fingerprint density at radius 2 is 1.92 bits per heavy atom. The Morgan fingerprint density at radius 1 is 1.23 bits per heavy atom. The van der Waals surface area contributed by atoms with Crippen LogP contribution in [0.2, 0.25) is 0 Å². The third-order valence-electron chi connectivity index (χ3n) is 2.18. The van der Waals surface area contributed by atoms with Gasteiger partial charge in [0.15, 0.2) is 0 Å². The molecule has 2 heteroatoms. The van der Waals surface area contributed by atoms with Crippen molar-refractivity contribution in [2.24, 2.45) is 5.73 Å². The van der Waals surface area contributed by atoms with Crippen LogP contribution in [0.5, 0.6) is 0 Å². The molecule has 0 fully saturated rings. The van der Waals surface area contributed by atoms with Crippen LogP contribution in [0.4, 0.5) is 0 Å². The molecule has 0 radical (unpaired) electrons. The molecule has 68 valence electrons. The lowest BCUT2D eigenvalue weighted by molar-refractivity contribution is 0.534. The van der Waals surface area contributed by atoms with Gasteiger partial charge in [-0.05, 0) is 19.9 Å². The van der Waals surface area contributed by atoms with E-state index >= 15 is 0 Å². The number of para-hydroxylation sites is 1. The average molecular weight is 175 g/mol. The molecular weight excluding hydrogens is 162 g/mol. The highest BCUT2D eigenvalue weighted by atomic mass is 16.3. The summed E-state index contributed by atoms with van der Waals surface area (Å²) in [7, 11) is 0. The van der Waals surface area contributed by atoms with Gasteiger partial charge in [-0.1, -0.05) is 18.2 Å². The van der Waals surface area contributed by atoms with Gasteiger partial charge in [0.2, 0.25) is 0 Å². The maximum atomic E-state index is 6.01. The molecule has 0 unspecified atom stereocenters. The molecule has 0 aliphatic carbocycles.